The zero-order valence-electron chi connectivity index (χ0n) is 11.0. The average Bonchev–Trinajstić information content (AvgIpc) is 2.58. The van der Waals surface area contributed by atoms with E-state index in [0.717, 1.165) is 19.5 Å². The summed E-state index contributed by atoms with van der Waals surface area (Å²) in [5.41, 5.74) is 3.45. The quantitative estimate of drug-likeness (QED) is 0.829. The Hall–Kier alpha value is -1.06. The molecule has 0 bridgehead atoms. The van der Waals surface area contributed by atoms with Gasteiger partial charge in [-0.25, -0.2) is 0 Å². The maximum absolute atomic E-state index is 9.62. The fourth-order valence-corrected chi connectivity index (χ4v) is 2.24. The third kappa shape index (κ3) is 3.20. The Balaban J connectivity index is 1.95. The number of likely N-dealkylation sites (N-methyl/N-ethyl adjacent to an activating group) is 1. The molecule has 1 heterocycles. The Kier molecular flexibility index (Phi) is 3.40. The largest absolute Gasteiger partial charge is 0.389 e. The number of nitrogens with one attached hydrogen (secondary N) is 1. The maximum Gasteiger partial charge on any atom is 0.0715 e. The Bertz CT molecular complexity index is 396. The molecule has 3 heteroatoms. The van der Waals surface area contributed by atoms with Crippen LogP contribution in [-0.4, -0.2) is 30.8 Å². The van der Waals surface area contributed by atoms with E-state index in [0.29, 0.717) is 6.54 Å². The molecule has 0 unspecified atom stereocenters. The molecule has 0 fully saturated rings. The lowest BCUT2D eigenvalue weighted by Crippen LogP contribution is -2.34. The first-order valence-electron chi connectivity index (χ1n) is 6.22. The van der Waals surface area contributed by atoms with E-state index < -0.39 is 5.60 Å². The van der Waals surface area contributed by atoms with E-state index in [1.54, 1.807) is 0 Å². The van der Waals surface area contributed by atoms with Gasteiger partial charge in [0, 0.05) is 32.4 Å². The summed E-state index contributed by atoms with van der Waals surface area (Å²) in [5.74, 6) is 0. The fourth-order valence-electron chi connectivity index (χ4n) is 2.24. The van der Waals surface area contributed by atoms with Gasteiger partial charge in [-0.1, -0.05) is 12.1 Å². The smallest absolute Gasteiger partial charge is 0.0715 e. The van der Waals surface area contributed by atoms with Gasteiger partial charge < -0.3 is 15.3 Å². The predicted molar refractivity (Wildman–Crippen MR) is 71.4 cm³/mol. The van der Waals surface area contributed by atoms with Crippen molar-refractivity contribution in [2.45, 2.75) is 32.4 Å². The van der Waals surface area contributed by atoms with Gasteiger partial charge in [-0.3, -0.25) is 0 Å². The van der Waals surface area contributed by atoms with E-state index >= 15 is 0 Å². The third-order valence-electron chi connectivity index (χ3n) is 3.16. The molecule has 0 saturated heterocycles. The second kappa shape index (κ2) is 4.67. The van der Waals surface area contributed by atoms with E-state index in [9.17, 15) is 5.11 Å². The molecule has 94 valence electrons. The topological polar surface area (TPSA) is 35.5 Å². The summed E-state index contributed by atoms with van der Waals surface area (Å²) >= 11 is 0. The average molecular weight is 234 g/mol. The summed E-state index contributed by atoms with van der Waals surface area (Å²) in [7, 11) is 2.14. The van der Waals surface area contributed by atoms with E-state index in [2.05, 4.69) is 35.5 Å². The first-order chi connectivity index (χ1) is 7.96. The van der Waals surface area contributed by atoms with Crippen LogP contribution in [0, 0.1) is 0 Å². The number of anilines is 1. The van der Waals surface area contributed by atoms with Crippen LogP contribution in [0.4, 0.5) is 5.69 Å². The highest BCUT2D eigenvalue weighted by Crippen LogP contribution is 2.27. The second-order valence-corrected chi connectivity index (χ2v) is 5.55. The standard InChI is InChI=1S/C14H22N2O/c1-14(2,17)10-15-9-11-4-5-13-12(8-11)6-7-16(13)3/h4-5,8,15,17H,6-7,9-10H2,1-3H3. The van der Waals surface area contributed by atoms with Crippen molar-refractivity contribution in [2.24, 2.45) is 0 Å². The van der Waals surface area contributed by atoms with Crippen LogP contribution in [0.25, 0.3) is 0 Å². The number of hydrogen-bond donors (Lipinski definition) is 2. The molecular formula is C14H22N2O. The van der Waals surface area contributed by atoms with Crippen molar-refractivity contribution in [3.8, 4) is 0 Å². The fraction of sp³-hybridized carbons (Fsp3) is 0.571. The van der Waals surface area contributed by atoms with Gasteiger partial charge in [0.15, 0.2) is 0 Å². The lowest BCUT2D eigenvalue weighted by molar-refractivity contribution is 0.0795. The first kappa shape index (κ1) is 12.4. The van der Waals surface area contributed by atoms with Crippen molar-refractivity contribution in [3.63, 3.8) is 0 Å². The summed E-state index contributed by atoms with van der Waals surface area (Å²) in [6.07, 6.45) is 1.14. The van der Waals surface area contributed by atoms with Gasteiger partial charge in [-0.2, -0.15) is 0 Å². The molecule has 1 aliphatic heterocycles. The molecule has 0 aliphatic carbocycles. The van der Waals surface area contributed by atoms with E-state index in [4.69, 9.17) is 0 Å². The minimum absolute atomic E-state index is 0.615. The number of benzene rings is 1. The molecule has 2 N–H and O–H groups in total. The summed E-state index contributed by atoms with van der Waals surface area (Å²) < 4.78 is 0. The summed E-state index contributed by atoms with van der Waals surface area (Å²) in [5, 5.41) is 12.9. The molecule has 17 heavy (non-hydrogen) atoms. The molecule has 2 rings (SSSR count). The van der Waals surface area contributed by atoms with Crippen molar-refractivity contribution in [1.82, 2.24) is 5.32 Å². The van der Waals surface area contributed by atoms with Gasteiger partial charge in [0.25, 0.3) is 0 Å². The van der Waals surface area contributed by atoms with Crippen molar-refractivity contribution in [2.75, 3.05) is 25.0 Å². The van der Waals surface area contributed by atoms with Crippen LogP contribution >= 0.6 is 0 Å². The van der Waals surface area contributed by atoms with Crippen molar-refractivity contribution in [3.05, 3.63) is 29.3 Å². The van der Waals surface area contributed by atoms with Gasteiger partial charge in [-0.05, 0) is 37.5 Å². The van der Waals surface area contributed by atoms with Crippen LogP contribution in [0.5, 0.6) is 0 Å². The van der Waals surface area contributed by atoms with Crippen LogP contribution in [0.15, 0.2) is 18.2 Å². The third-order valence-corrected chi connectivity index (χ3v) is 3.16. The van der Waals surface area contributed by atoms with Crippen LogP contribution < -0.4 is 10.2 Å². The zero-order valence-corrected chi connectivity index (χ0v) is 11.0. The Morgan fingerprint density at radius 3 is 2.88 bits per heavy atom. The van der Waals surface area contributed by atoms with Gasteiger partial charge in [-0.15, -0.1) is 0 Å². The molecule has 0 atom stereocenters. The molecular weight excluding hydrogens is 212 g/mol. The maximum atomic E-state index is 9.62. The number of hydrogen-bond acceptors (Lipinski definition) is 3. The summed E-state index contributed by atoms with van der Waals surface area (Å²) in [6.45, 7) is 6.19. The number of nitrogens with zero attached hydrogens (tertiary/aromatic N) is 1. The molecule has 0 amide bonds. The van der Waals surface area contributed by atoms with Gasteiger partial charge >= 0.3 is 0 Å². The number of aliphatic hydroxyl groups is 1. The zero-order chi connectivity index (χ0) is 12.5. The van der Waals surface area contributed by atoms with Crippen LogP contribution in [0.2, 0.25) is 0 Å². The predicted octanol–water partition coefficient (Wildman–Crippen LogP) is 1.54. The van der Waals surface area contributed by atoms with Crippen molar-refractivity contribution < 1.29 is 5.11 Å². The molecule has 0 radical (unpaired) electrons. The number of fused-ring (bicyclic) bond motifs is 1. The van der Waals surface area contributed by atoms with Crippen LogP contribution in [0.3, 0.4) is 0 Å². The Labute approximate surface area is 103 Å². The van der Waals surface area contributed by atoms with Gasteiger partial charge in [0.2, 0.25) is 0 Å². The van der Waals surface area contributed by atoms with E-state index in [1.165, 1.54) is 16.8 Å². The highest BCUT2D eigenvalue weighted by atomic mass is 16.3. The lowest BCUT2D eigenvalue weighted by atomic mass is 10.1. The monoisotopic (exact) mass is 234 g/mol. The molecule has 0 saturated carbocycles. The Morgan fingerprint density at radius 1 is 1.41 bits per heavy atom. The van der Waals surface area contributed by atoms with Gasteiger partial charge in [0.1, 0.15) is 0 Å². The second-order valence-electron chi connectivity index (χ2n) is 5.55. The lowest BCUT2D eigenvalue weighted by Gasteiger charge is -2.18. The summed E-state index contributed by atoms with van der Waals surface area (Å²) in [6, 6.07) is 6.64. The highest BCUT2D eigenvalue weighted by molar-refractivity contribution is 5.58. The van der Waals surface area contributed by atoms with Crippen molar-refractivity contribution in [1.29, 1.82) is 0 Å². The highest BCUT2D eigenvalue weighted by Gasteiger charge is 2.16. The number of rotatable bonds is 4. The molecule has 1 aromatic rings. The van der Waals surface area contributed by atoms with E-state index in [-0.39, 0.29) is 0 Å². The van der Waals surface area contributed by atoms with E-state index in [1.807, 2.05) is 13.8 Å². The Morgan fingerprint density at radius 2 is 2.18 bits per heavy atom. The molecule has 1 aliphatic rings. The van der Waals surface area contributed by atoms with Crippen molar-refractivity contribution >= 4 is 5.69 Å². The van der Waals surface area contributed by atoms with Crippen LogP contribution in [-0.2, 0) is 13.0 Å². The van der Waals surface area contributed by atoms with Crippen LogP contribution in [0.1, 0.15) is 25.0 Å². The molecule has 0 aromatic heterocycles. The van der Waals surface area contributed by atoms with Gasteiger partial charge in [0.05, 0.1) is 5.60 Å². The molecule has 0 spiro atoms. The minimum Gasteiger partial charge on any atom is -0.389 e. The minimum atomic E-state index is -0.642. The first-order valence-corrected chi connectivity index (χ1v) is 6.22. The summed E-state index contributed by atoms with van der Waals surface area (Å²) in [4.78, 5) is 2.30. The normalized spacial score (nSPS) is 15.2. The SMILES string of the molecule is CN1CCc2cc(CNCC(C)(C)O)ccc21. The molecule has 3 nitrogen and oxygen atoms in total. The molecule has 1 aromatic carbocycles.